The first kappa shape index (κ1) is 61.1. The van der Waals surface area contributed by atoms with Gasteiger partial charge in [-0.3, -0.25) is 9.59 Å². The molecule has 0 aromatic carbocycles. The number of nitrogens with one attached hydrogen (secondary N) is 1. The van der Waals surface area contributed by atoms with Gasteiger partial charge in [0.1, 0.15) is 0 Å². The summed E-state index contributed by atoms with van der Waals surface area (Å²) in [5.74, 6) is -0.165. The fraction of sp³-hybridized carbons (Fsp3) is 0.860. The van der Waals surface area contributed by atoms with Crippen LogP contribution in [0.15, 0.2) is 36.5 Å². The van der Waals surface area contributed by atoms with Crippen molar-refractivity contribution in [3.63, 3.8) is 0 Å². The van der Waals surface area contributed by atoms with Gasteiger partial charge < -0.3 is 20.3 Å². The molecule has 0 aliphatic heterocycles. The summed E-state index contributed by atoms with van der Waals surface area (Å²) in [5, 5.41) is 23.1. The zero-order valence-corrected chi connectivity index (χ0v) is 42.1. The first-order valence-electron chi connectivity index (χ1n) is 27.8. The Morgan fingerprint density at radius 3 is 1.24 bits per heavy atom. The van der Waals surface area contributed by atoms with E-state index in [1.807, 2.05) is 12.2 Å². The third kappa shape index (κ3) is 49.4. The average molecular weight is 886 g/mol. The quantitative estimate of drug-likeness (QED) is 0.0321. The highest BCUT2D eigenvalue weighted by Crippen LogP contribution is 2.16. The number of ether oxygens (including phenoxy) is 1. The van der Waals surface area contributed by atoms with Crippen LogP contribution in [0.5, 0.6) is 0 Å². The van der Waals surface area contributed by atoms with Crippen molar-refractivity contribution in [3.8, 4) is 0 Å². The van der Waals surface area contributed by atoms with Gasteiger partial charge in [0.2, 0.25) is 5.91 Å². The molecule has 63 heavy (non-hydrogen) atoms. The molecule has 0 saturated carbocycles. The minimum absolute atomic E-state index is 0.0188. The molecule has 0 bridgehead atoms. The molecule has 0 aromatic rings. The van der Waals surface area contributed by atoms with Crippen molar-refractivity contribution in [2.45, 2.75) is 302 Å². The lowest BCUT2D eigenvalue weighted by molar-refractivity contribution is -0.143. The Labute approximate surface area is 392 Å². The van der Waals surface area contributed by atoms with Gasteiger partial charge in [-0.25, -0.2) is 0 Å². The van der Waals surface area contributed by atoms with Crippen LogP contribution in [0.25, 0.3) is 0 Å². The predicted molar refractivity (Wildman–Crippen MR) is 273 cm³/mol. The van der Waals surface area contributed by atoms with E-state index in [1.54, 1.807) is 6.08 Å². The van der Waals surface area contributed by atoms with E-state index < -0.39 is 12.1 Å². The van der Waals surface area contributed by atoms with Crippen molar-refractivity contribution in [1.29, 1.82) is 0 Å². The molecule has 1 amide bonds. The van der Waals surface area contributed by atoms with E-state index >= 15 is 0 Å². The highest BCUT2D eigenvalue weighted by molar-refractivity contribution is 5.76. The van der Waals surface area contributed by atoms with Crippen molar-refractivity contribution in [1.82, 2.24) is 5.32 Å². The lowest BCUT2D eigenvalue weighted by atomic mass is 10.0. The van der Waals surface area contributed by atoms with E-state index in [0.717, 1.165) is 51.4 Å². The monoisotopic (exact) mass is 886 g/mol. The molecule has 0 fully saturated rings. The summed E-state index contributed by atoms with van der Waals surface area (Å²) in [7, 11) is 0. The first-order valence-corrected chi connectivity index (χ1v) is 27.8. The molecule has 6 nitrogen and oxygen atoms in total. The van der Waals surface area contributed by atoms with E-state index in [4.69, 9.17) is 4.74 Å². The second kappa shape index (κ2) is 52.7. The van der Waals surface area contributed by atoms with E-state index in [0.29, 0.717) is 25.9 Å². The summed E-state index contributed by atoms with van der Waals surface area (Å²) in [6.07, 6.45) is 64.6. The number of amides is 1. The van der Waals surface area contributed by atoms with Crippen molar-refractivity contribution < 1.29 is 24.5 Å². The van der Waals surface area contributed by atoms with Crippen LogP contribution in [0.4, 0.5) is 0 Å². The number of hydrogen-bond acceptors (Lipinski definition) is 5. The molecule has 0 saturated heterocycles. The number of hydrogen-bond donors (Lipinski definition) is 3. The van der Waals surface area contributed by atoms with Gasteiger partial charge in [-0.15, -0.1) is 0 Å². The summed E-state index contributed by atoms with van der Waals surface area (Å²) < 4.78 is 5.44. The Balaban J connectivity index is 3.59. The first-order chi connectivity index (χ1) is 31.0. The lowest BCUT2D eigenvalue weighted by Gasteiger charge is -2.19. The molecular weight excluding hydrogens is 779 g/mol. The van der Waals surface area contributed by atoms with E-state index in [1.165, 1.54) is 205 Å². The van der Waals surface area contributed by atoms with Crippen LogP contribution in [0.2, 0.25) is 0 Å². The summed E-state index contributed by atoms with van der Waals surface area (Å²) >= 11 is 0. The maximum atomic E-state index is 12.4. The van der Waals surface area contributed by atoms with Gasteiger partial charge in [-0.1, -0.05) is 262 Å². The highest BCUT2D eigenvalue weighted by atomic mass is 16.5. The maximum Gasteiger partial charge on any atom is 0.305 e. The number of rotatable bonds is 51. The van der Waals surface area contributed by atoms with Crippen LogP contribution in [0.1, 0.15) is 290 Å². The van der Waals surface area contributed by atoms with E-state index in [-0.39, 0.29) is 18.5 Å². The number of unbranched alkanes of at least 4 members (excludes halogenated alkanes) is 36. The third-order valence-electron chi connectivity index (χ3n) is 12.7. The summed E-state index contributed by atoms with van der Waals surface area (Å²) in [6.45, 7) is 4.84. The molecule has 0 aromatic heterocycles. The van der Waals surface area contributed by atoms with Gasteiger partial charge in [0.15, 0.2) is 0 Å². The predicted octanol–water partition coefficient (Wildman–Crippen LogP) is 16.9. The molecule has 0 rings (SSSR count). The molecule has 3 N–H and O–H groups in total. The van der Waals surface area contributed by atoms with Crippen molar-refractivity contribution >= 4 is 11.9 Å². The summed E-state index contributed by atoms with van der Waals surface area (Å²) in [5.41, 5.74) is 0. The third-order valence-corrected chi connectivity index (χ3v) is 12.7. The topological polar surface area (TPSA) is 95.9 Å². The Hall–Kier alpha value is -1.92. The van der Waals surface area contributed by atoms with Crippen molar-refractivity contribution in [2.24, 2.45) is 0 Å². The Kier molecular flexibility index (Phi) is 51.1. The second-order valence-electron chi connectivity index (χ2n) is 18.9. The van der Waals surface area contributed by atoms with Gasteiger partial charge in [0, 0.05) is 12.8 Å². The van der Waals surface area contributed by atoms with Crippen LogP contribution in [0, 0.1) is 0 Å². The average Bonchev–Trinajstić information content (AvgIpc) is 3.28. The molecule has 0 spiro atoms. The summed E-state index contributed by atoms with van der Waals surface area (Å²) in [6, 6.07) is -0.672. The Morgan fingerprint density at radius 1 is 0.444 bits per heavy atom. The standard InChI is InChI=1S/C57H107NO5/c1-3-5-7-9-11-13-15-16-17-18-19-20-21-22-23-24-26-30-33-37-41-45-49-55(60)54(53-59)58-56(61)50-46-42-38-34-31-27-25-28-32-36-40-44-48-52-63-57(62)51-47-43-39-35-29-14-12-10-8-6-4-2/h27,31,38,42,45,49,54-55,59-60H,3-26,28-30,32-37,39-41,43-44,46-48,50-53H2,1-2H3,(H,58,61)/b31-27-,42-38-,49-45+. The molecule has 0 radical (unpaired) electrons. The second-order valence-corrected chi connectivity index (χ2v) is 18.9. The number of aliphatic hydroxyl groups excluding tert-OH is 2. The van der Waals surface area contributed by atoms with Gasteiger partial charge in [-0.05, 0) is 51.4 Å². The minimum Gasteiger partial charge on any atom is -0.466 e. The van der Waals surface area contributed by atoms with Crippen LogP contribution in [0.3, 0.4) is 0 Å². The zero-order valence-electron chi connectivity index (χ0n) is 42.1. The fourth-order valence-corrected chi connectivity index (χ4v) is 8.39. The molecule has 0 heterocycles. The maximum absolute atomic E-state index is 12.4. The van der Waals surface area contributed by atoms with Gasteiger partial charge in [-0.2, -0.15) is 0 Å². The Morgan fingerprint density at radius 2 is 0.810 bits per heavy atom. The summed E-state index contributed by atoms with van der Waals surface area (Å²) in [4.78, 5) is 24.4. The van der Waals surface area contributed by atoms with E-state index in [2.05, 4.69) is 37.4 Å². The SMILES string of the molecule is CCCCCCCCCCCCCCCCCCCCCC/C=C/C(O)C(CO)NC(=O)CC/C=C\C/C=C\CCCCCCCCOC(=O)CCCCCCCCCCCCC. The molecular formula is C57H107NO5. The van der Waals surface area contributed by atoms with Crippen LogP contribution >= 0.6 is 0 Å². The molecule has 6 heteroatoms. The van der Waals surface area contributed by atoms with Crippen molar-refractivity contribution in [3.05, 3.63) is 36.5 Å². The van der Waals surface area contributed by atoms with Gasteiger partial charge in [0.25, 0.3) is 0 Å². The number of esters is 1. The van der Waals surface area contributed by atoms with E-state index in [9.17, 15) is 19.8 Å². The smallest absolute Gasteiger partial charge is 0.305 e. The van der Waals surface area contributed by atoms with Gasteiger partial charge >= 0.3 is 5.97 Å². The number of allylic oxidation sites excluding steroid dienone is 5. The molecule has 370 valence electrons. The number of carbonyl (C=O) groups excluding carboxylic acids is 2. The fourth-order valence-electron chi connectivity index (χ4n) is 8.39. The molecule has 2 unspecified atom stereocenters. The van der Waals surface area contributed by atoms with Gasteiger partial charge in [0.05, 0.1) is 25.4 Å². The normalized spacial score (nSPS) is 12.9. The van der Waals surface area contributed by atoms with Crippen LogP contribution < -0.4 is 5.32 Å². The number of carbonyl (C=O) groups is 2. The largest absolute Gasteiger partial charge is 0.466 e. The molecule has 2 atom stereocenters. The molecule has 0 aliphatic rings. The van der Waals surface area contributed by atoms with Crippen LogP contribution in [-0.4, -0.2) is 47.4 Å². The number of aliphatic hydroxyl groups is 2. The van der Waals surface area contributed by atoms with Crippen LogP contribution in [-0.2, 0) is 14.3 Å². The Bertz CT molecular complexity index is 1020. The zero-order chi connectivity index (χ0) is 45.8. The lowest BCUT2D eigenvalue weighted by Crippen LogP contribution is -2.45. The molecule has 0 aliphatic carbocycles. The minimum atomic E-state index is -0.880. The van der Waals surface area contributed by atoms with Crippen molar-refractivity contribution in [2.75, 3.05) is 13.2 Å². The highest BCUT2D eigenvalue weighted by Gasteiger charge is 2.17.